The third-order valence-corrected chi connectivity index (χ3v) is 2.85. The van der Waals surface area contributed by atoms with Gasteiger partial charge in [-0.3, -0.25) is 9.89 Å². The Hall–Kier alpha value is -2.17. The highest BCUT2D eigenvalue weighted by Gasteiger charge is 2.18. The zero-order valence-corrected chi connectivity index (χ0v) is 11.4. The molecule has 0 aliphatic heterocycles. The molecular weight excluding hydrogens is 240 g/mol. The molecule has 100 valence electrons. The number of amides is 1. The molecule has 5 nitrogen and oxygen atoms in total. The molecule has 0 saturated carbocycles. The Balaban J connectivity index is 2.06. The van der Waals surface area contributed by atoms with Gasteiger partial charge in [-0.25, -0.2) is 4.98 Å². The van der Waals surface area contributed by atoms with Gasteiger partial charge >= 0.3 is 0 Å². The second-order valence-electron chi connectivity index (χ2n) is 4.85. The van der Waals surface area contributed by atoms with Crippen LogP contribution >= 0.6 is 0 Å². The van der Waals surface area contributed by atoms with Crippen LogP contribution < -0.4 is 0 Å². The van der Waals surface area contributed by atoms with Crippen molar-refractivity contribution in [3.05, 3.63) is 47.5 Å². The van der Waals surface area contributed by atoms with Gasteiger partial charge < -0.3 is 4.90 Å². The highest BCUT2D eigenvalue weighted by atomic mass is 16.2. The molecule has 2 aromatic rings. The lowest BCUT2D eigenvalue weighted by atomic mass is 10.2. The molecule has 1 heterocycles. The first kappa shape index (κ1) is 13.3. The molecule has 1 amide bonds. The average Bonchev–Trinajstić information content (AvgIpc) is 2.88. The number of H-pyrrole nitrogens is 1. The number of hydrogen-bond acceptors (Lipinski definition) is 3. The third-order valence-electron chi connectivity index (χ3n) is 2.85. The largest absolute Gasteiger partial charge is 0.335 e. The minimum absolute atomic E-state index is 0.174. The van der Waals surface area contributed by atoms with E-state index in [9.17, 15) is 4.79 Å². The van der Waals surface area contributed by atoms with E-state index >= 15 is 0 Å². The lowest BCUT2D eigenvalue weighted by Gasteiger charge is -2.15. The molecule has 0 radical (unpaired) electrons. The van der Waals surface area contributed by atoms with Gasteiger partial charge in [-0.2, -0.15) is 0 Å². The van der Waals surface area contributed by atoms with Crippen molar-refractivity contribution in [2.24, 2.45) is 0 Å². The van der Waals surface area contributed by atoms with E-state index in [-0.39, 0.29) is 17.6 Å². The van der Waals surface area contributed by atoms with Crippen molar-refractivity contribution in [1.82, 2.24) is 20.1 Å². The normalized spacial score (nSPS) is 10.7. The van der Waals surface area contributed by atoms with E-state index in [1.54, 1.807) is 11.9 Å². The van der Waals surface area contributed by atoms with Crippen molar-refractivity contribution in [1.29, 1.82) is 0 Å². The summed E-state index contributed by atoms with van der Waals surface area (Å²) in [6.45, 7) is 4.55. The fourth-order valence-electron chi connectivity index (χ4n) is 1.73. The van der Waals surface area contributed by atoms with E-state index in [2.05, 4.69) is 15.2 Å². The van der Waals surface area contributed by atoms with Gasteiger partial charge in [-0.05, 0) is 5.56 Å². The number of nitrogens with one attached hydrogen (secondary N) is 1. The van der Waals surface area contributed by atoms with Gasteiger partial charge in [-0.1, -0.05) is 44.2 Å². The number of aromatic amines is 1. The summed E-state index contributed by atoms with van der Waals surface area (Å²) >= 11 is 0. The molecule has 2 rings (SSSR count). The SMILES string of the molecule is CC(C)c1nc(C(=O)N(C)Cc2ccccc2)n[nH]1. The van der Waals surface area contributed by atoms with Crippen LogP contribution in [0.5, 0.6) is 0 Å². The van der Waals surface area contributed by atoms with Gasteiger partial charge in [0.05, 0.1) is 0 Å². The maximum absolute atomic E-state index is 12.2. The Kier molecular flexibility index (Phi) is 3.94. The third kappa shape index (κ3) is 3.19. The lowest BCUT2D eigenvalue weighted by Crippen LogP contribution is -2.27. The molecule has 1 aromatic heterocycles. The topological polar surface area (TPSA) is 61.9 Å². The predicted molar refractivity (Wildman–Crippen MR) is 72.7 cm³/mol. The van der Waals surface area contributed by atoms with Crippen LogP contribution in [0.25, 0.3) is 0 Å². The van der Waals surface area contributed by atoms with Crippen molar-refractivity contribution >= 4 is 5.91 Å². The van der Waals surface area contributed by atoms with Crippen molar-refractivity contribution in [3.8, 4) is 0 Å². The molecule has 0 unspecified atom stereocenters. The molecule has 1 N–H and O–H groups in total. The molecule has 0 spiro atoms. The smallest absolute Gasteiger partial charge is 0.293 e. The van der Waals surface area contributed by atoms with Crippen LogP contribution in [-0.4, -0.2) is 33.0 Å². The van der Waals surface area contributed by atoms with Crippen molar-refractivity contribution in [3.63, 3.8) is 0 Å². The number of carbonyl (C=O) groups is 1. The van der Waals surface area contributed by atoms with Crippen LogP contribution in [0.4, 0.5) is 0 Å². The van der Waals surface area contributed by atoms with Gasteiger partial charge in [0.2, 0.25) is 5.82 Å². The fraction of sp³-hybridized carbons (Fsp3) is 0.357. The zero-order valence-electron chi connectivity index (χ0n) is 11.4. The Morgan fingerprint density at radius 3 is 2.58 bits per heavy atom. The second-order valence-corrected chi connectivity index (χ2v) is 4.85. The quantitative estimate of drug-likeness (QED) is 0.914. The second kappa shape index (κ2) is 5.65. The van der Waals surface area contributed by atoms with Crippen LogP contribution in [0.15, 0.2) is 30.3 Å². The standard InChI is InChI=1S/C14H18N4O/c1-10(2)12-15-13(17-16-12)14(19)18(3)9-11-7-5-4-6-8-11/h4-8,10H,9H2,1-3H3,(H,15,16,17). The van der Waals surface area contributed by atoms with E-state index in [1.807, 2.05) is 44.2 Å². The predicted octanol–water partition coefficient (Wildman–Crippen LogP) is 2.20. The fourth-order valence-corrected chi connectivity index (χ4v) is 1.73. The van der Waals surface area contributed by atoms with E-state index in [4.69, 9.17) is 0 Å². The first-order chi connectivity index (χ1) is 9.08. The summed E-state index contributed by atoms with van der Waals surface area (Å²) in [5, 5.41) is 6.77. The summed E-state index contributed by atoms with van der Waals surface area (Å²) in [7, 11) is 1.75. The highest BCUT2D eigenvalue weighted by Crippen LogP contribution is 2.10. The molecule has 0 fully saturated rings. The summed E-state index contributed by atoms with van der Waals surface area (Å²) in [4.78, 5) is 18.0. The maximum atomic E-state index is 12.2. The first-order valence-electron chi connectivity index (χ1n) is 6.29. The minimum Gasteiger partial charge on any atom is -0.335 e. The van der Waals surface area contributed by atoms with Crippen LogP contribution in [-0.2, 0) is 6.54 Å². The van der Waals surface area contributed by atoms with Crippen molar-refractivity contribution in [2.45, 2.75) is 26.3 Å². The minimum atomic E-state index is -0.174. The molecule has 0 aliphatic rings. The summed E-state index contributed by atoms with van der Waals surface area (Å²) in [6.07, 6.45) is 0. The Morgan fingerprint density at radius 2 is 2.00 bits per heavy atom. The number of carbonyl (C=O) groups excluding carboxylic acids is 1. The van der Waals surface area contributed by atoms with E-state index in [1.165, 1.54) is 0 Å². The molecule has 0 aliphatic carbocycles. The first-order valence-corrected chi connectivity index (χ1v) is 6.29. The number of benzene rings is 1. The van der Waals surface area contributed by atoms with Crippen molar-refractivity contribution < 1.29 is 4.79 Å². The van der Waals surface area contributed by atoms with E-state index in [0.29, 0.717) is 6.54 Å². The lowest BCUT2D eigenvalue weighted by molar-refractivity contribution is 0.0773. The number of aromatic nitrogens is 3. The van der Waals surface area contributed by atoms with Crippen LogP contribution in [0.2, 0.25) is 0 Å². The molecule has 0 saturated heterocycles. The molecule has 0 bridgehead atoms. The van der Waals surface area contributed by atoms with Gasteiger partial charge in [0.1, 0.15) is 5.82 Å². The van der Waals surface area contributed by atoms with E-state index < -0.39 is 0 Å². The number of rotatable bonds is 4. The van der Waals surface area contributed by atoms with Gasteiger partial charge in [-0.15, -0.1) is 5.10 Å². The molecular formula is C14H18N4O. The van der Waals surface area contributed by atoms with Gasteiger partial charge in [0.15, 0.2) is 0 Å². The highest BCUT2D eigenvalue weighted by molar-refractivity contribution is 5.90. The van der Waals surface area contributed by atoms with Gasteiger partial charge in [0.25, 0.3) is 5.91 Å². The average molecular weight is 258 g/mol. The number of hydrogen-bond donors (Lipinski definition) is 1. The van der Waals surface area contributed by atoms with Crippen LogP contribution in [0.1, 0.15) is 41.8 Å². The van der Waals surface area contributed by atoms with E-state index in [0.717, 1.165) is 11.4 Å². The van der Waals surface area contributed by atoms with Crippen LogP contribution in [0, 0.1) is 0 Å². The Labute approximate surface area is 112 Å². The Bertz CT molecular complexity index is 548. The summed E-state index contributed by atoms with van der Waals surface area (Å²) in [5.74, 6) is 1.01. The summed E-state index contributed by atoms with van der Waals surface area (Å²) in [6, 6.07) is 9.84. The van der Waals surface area contributed by atoms with Gasteiger partial charge in [0, 0.05) is 19.5 Å². The van der Waals surface area contributed by atoms with Crippen molar-refractivity contribution in [2.75, 3.05) is 7.05 Å². The molecule has 19 heavy (non-hydrogen) atoms. The maximum Gasteiger partial charge on any atom is 0.293 e. The Morgan fingerprint density at radius 1 is 1.32 bits per heavy atom. The summed E-state index contributed by atoms with van der Waals surface area (Å²) < 4.78 is 0. The monoisotopic (exact) mass is 258 g/mol. The number of nitrogens with zero attached hydrogens (tertiary/aromatic N) is 3. The van der Waals surface area contributed by atoms with Crippen LogP contribution in [0.3, 0.4) is 0 Å². The molecule has 0 atom stereocenters. The molecule has 1 aromatic carbocycles. The molecule has 5 heteroatoms. The summed E-state index contributed by atoms with van der Waals surface area (Å²) in [5.41, 5.74) is 1.08. The zero-order chi connectivity index (χ0) is 13.8.